The number of hydrogen-bond acceptors (Lipinski definition) is 2. The van der Waals surface area contributed by atoms with Crippen molar-refractivity contribution in [1.29, 1.82) is 0 Å². The Morgan fingerprint density at radius 3 is 2.67 bits per heavy atom. The molecule has 0 aromatic heterocycles. The van der Waals surface area contributed by atoms with Gasteiger partial charge in [-0.25, -0.2) is 0 Å². The Morgan fingerprint density at radius 1 is 1.58 bits per heavy atom. The van der Waals surface area contributed by atoms with Gasteiger partial charge in [-0.15, -0.1) is 12.3 Å². The lowest BCUT2D eigenvalue weighted by molar-refractivity contribution is -0.138. The second-order valence-electron chi connectivity index (χ2n) is 2.62. The Balaban J connectivity index is 3.70. The van der Waals surface area contributed by atoms with E-state index in [2.05, 4.69) is 5.92 Å². The van der Waals surface area contributed by atoms with Gasteiger partial charge in [0.1, 0.15) is 0 Å². The van der Waals surface area contributed by atoms with Crippen LogP contribution in [0.3, 0.4) is 0 Å². The molecule has 3 heteroatoms. The molecule has 0 saturated heterocycles. The first kappa shape index (κ1) is 11.0. The number of carboxylic acids is 1. The number of carboxylic acid groups (broad SMARTS) is 1. The van der Waals surface area contributed by atoms with E-state index in [4.69, 9.17) is 11.5 Å². The van der Waals surface area contributed by atoms with Crippen LogP contribution in [-0.2, 0) is 4.79 Å². The zero-order valence-corrected chi connectivity index (χ0v) is 7.42. The summed E-state index contributed by atoms with van der Waals surface area (Å²) in [6.07, 6.45) is 6.65. The van der Waals surface area contributed by atoms with Gasteiger partial charge in [0, 0.05) is 13.0 Å². The minimum atomic E-state index is -0.791. The number of nitrogens with zero attached hydrogens (tertiary/aromatic N) is 1. The number of terminal acetylenes is 1. The molecular formula is C9H15NO2. The van der Waals surface area contributed by atoms with Crippen LogP contribution in [0.1, 0.15) is 19.8 Å². The minimum absolute atomic E-state index is 0.0928. The fraction of sp³-hybridized carbons (Fsp3) is 0.667. The molecule has 0 radical (unpaired) electrons. The number of hydrogen-bond donors (Lipinski definition) is 1. The second-order valence-corrected chi connectivity index (χ2v) is 2.62. The molecule has 0 saturated carbocycles. The molecule has 1 N–H and O–H groups in total. The van der Waals surface area contributed by atoms with Crippen LogP contribution >= 0.6 is 0 Å². The predicted octanol–water partition coefficient (Wildman–Crippen LogP) is 0.806. The van der Waals surface area contributed by atoms with Gasteiger partial charge in [0.25, 0.3) is 0 Å². The lowest BCUT2D eigenvalue weighted by Crippen LogP contribution is -2.31. The van der Waals surface area contributed by atoms with Crippen molar-refractivity contribution in [3.05, 3.63) is 0 Å². The Kier molecular flexibility index (Phi) is 6.12. The molecule has 3 nitrogen and oxygen atoms in total. The first-order valence-electron chi connectivity index (χ1n) is 4.08. The molecule has 0 bridgehead atoms. The molecule has 0 aromatic rings. The van der Waals surface area contributed by atoms with Gasteiger partial charge in [0.2, 0.25) is 0 Å². The van der Waals surface area contributed by atoms with Gasteiger partial charge in [0.15, 0.2) is 0 Å². The summed E-state index contributed by atoms with van der Waals surface area (Å²) in [5.74, 6) is 1.70. The second kappa shape index (κ2) is 6.68. The molecule has 12 heavy (non-hydrogen) atoms. The molecule has 0 aliphatic carbocycles. The molecule has 0 spiro atoms. The third-order valence-electron chi connectivity index (χ3n) is 1.47. The van der Waals surface area contributed by atoms with E-state index in [0.29, 0.717) is 13.0 Å². The highest BCUT2D eigenvalue weighted by molar-refractivity contribution is 5.69. The van der Waals surface area contributed by atoms with E-state index in [-0.39, 0.29) is 6.54 Å². The standard InChI is InChI=1S/C9H15NO2/c1-3-5-7-10(6-4-2)8-9(11)12/h1H,4-8H2,2H3,(H,11,12). The maximum Gasteiger partial charge on any atom is 0.317 e. The van der Waals surface area contributed by atoms with Crippen LogP contribution in [0.2, 0.25) is 0 Å². The van der Waals surface area contributed by atoms with Crippen LogP contribution in [0.25, 0.3) is 0 Å². The van der Waals surface area contributed by atoms with Crippen LogP contribution in [0.15, 0.2) is 0 Å². The van der Waals surface area contributed by atoms with Crippen molar-refractivity contribution in [1.82, 2.24) is 4.90 Å². The van der Waals surface area contributed by atoms with Crippen molar-refractivity contribution in [2.24, 2.45) is 0 Å². The van der Waals surface area contributed by atoms with Crippen molar-refractivity contribution in [2.75, 3.05) is 19.6 Å². The predicted molar refractivity (Wildman–Crippen MR) is 47.8 cm³/mol. The van der Waals surface area contributed by atoms with Crippen molar-refractivity contribution in [3.8, 4) is 12.3 Å². The fourth-order valence-corrected chi connectivity index (χ4v) is 1.00. The van der Waals surface area contributed by atoms with E-state index in [1.807, 2.05) is 11.8 Å². The normalized spacial score (nSPS) is 9.75. The minimum Gasteiger partial charge on any atom is -0.480 e. The van der Waals surface area contributed by atoms with Crippen molar-refractivity contribution >= 4 is 5.97 Å². The topological polar surface area (TPSA) is 40.5 Å². The van der Waals surface area contributed by atoms with E-state index in [1.54, 1.807) is 0 Å². The highest BCUT2D eigenvalue weighted by atomic mass is 16.4. The summed E-state index contributed by atoms with van der Waals surface area (Å²) in [6.45, 7) is 3.59. The van der Waals surface area contributed by atoms with Gasteiger partial charge in [-0.1, -0.05) is 6.92 Å². The number of aliphatic carboxylic acids is 1. The average molecular weight is 169 g/mol. The molecular weight excluding hydrogens is 154 g/mol. The summed E-state index contributed by atoms with van der Waals surface area (Å²) in [6, 6.07) is 0. The van der Waals surface area contributed by atoms with Crippen LogP contribution in [0, 0.1) is 12.3 Å². The lowest BCUT2D eigenvalue weighted by Gasteiger charge is -2.17. The van der Waals surface area contributed by atoms with Crippen LogP contribution in [-0.4, -0.2) is 35.6 Å². The summed E-state index contributed by atoms with van der Waals surface area (Å²) in [4.78, 5) is 12.2. The molecule has 0 aliphatic rings. The van der Waals surface area contributed by atoms with E-state index < -0.39 is 5.97 Å². The molecule has 0 aliphatic heterocycles. The molecule has 0 aromatic carbocycles. The Hall–Kier alpha value is -1.01. The number of carbonyl (C=O) groups is 1. The zero-order valence-electron chi connectivity index (χ0n) is 7.42. The number of rotatable bonds is 6. The summed E-state index contributed by atoms with van der Waals surface area (Å²) < 4.78 is 0. The molecule has 0 unspecified atom stereocenters. The Morgan fingerprint density at radius 2 is 2.25 bits per heavy atom. The highest BCUT2D eigenvalue weighted by Gasteiger charge is 2.06. The third kappa shape index (κ3) is 5.75. The molecule has 0 rings (SSSR count). The quantitative estimate of drug-likeness (QED) is 0.598. The van der Waals surface area contributed by atoms with Gasteiger partial charge in [-0.3, -0.25) is 9.69 Å². The van der Waals surface area contributed by atoms with Gasteiger partial charge < -0.3 is 5.11 Å². The van der Waals surface area contributed by atoms with Gasteiger partial charge in [-0.2, -0.15) is 0 Å². The maximum absolute atomic E-state index is 10.4. The maximum atomic E-state index is 10.4. The zero-order chi connectivity index (χ0) is 9.40. The first-order chi connectivity index (χ1) is 5.70. The van der Waals surface area contributed by atoms with Crippen LogP contribution < -0.4 is 0 Å². The fourth-order valence-electron chi connectivity index (χ4n) is 1.00. The SMILES string of the molecule is C#CCCN(CCC)CC(=O)O. The summed E-state index contributed by atoms with van der Waals surface area (Å²) in [5.41, 5.74) is 0. The molecule has 0 fully saturated rings. The third-order valence-corrected chi connectivity index (χ3v) is 1.47. The van der Waals surface area contributed by atoms with Gasteiger partial charge in [0.05, 0.1) is 6.54 Å². The molecule has 0 heterocycles. The lowest BCUT2D eigenvalue weighted by atomic mass is 10.3. The van der Waals surface area contributed by atoms with Crippen molar-refractivity contribution in [2.45, 2.75) is 19.8 Å². The molecule has 0 amide bonds. The van der Waals surface area contributed by atoms with Gasteiger partial charge >= 0.3 is 5.97 Å². The molecule has 68 valence electrons. The van der Waals surface area contributed by atoms with E-state index in [9.17, 15) is 4.79 Å². The van der Waals surface area contributed by atoms with E-state index >= 15 is 0 Å². The highest BCUT2D eigenvalue weighted by Crippen LogP contribution is 1.92. The van der Waals surface area contributed by atoms with E-state index in [0.717, 1.165) is 13.0 Å². The molecule has 0 atom stereocenters. The summed E-state index contributed by atoms with van der Waals surface area (Å²) in [5, 5.41) is 8.52. The monoisotopic (exact) mass is 169 g/mol. The first-order valence-corrected chi connectivity index (χ1v) is 4.08. The Bertz CT molecular complexity index is 172. The summed E-state index contributed by atoms with van der Waals surface area (Å²) in [7, 11) is 0. The van der Waals surface area contributed by atoms with Crippen LogP contribution in [0.5, 0.6) is 0 Å². The van der Waals surface area contributed by atoms with Crippen LogP contribution in [0.4, 0.5) is 0 Å². The van der Waals surface area contributed by atoms with Gasteiger partial charge in [-0.05, 0) is 13.0 Å². The summed E-state index contributed by atoms with van der Waals surface area (Å²) >= 11 is 0. The Labute approximate surface area is 73.4 Å². The van der Waals surface area contributed by atoms with E-state index in [1.165, 1.54) is 0 Å². The largest absolute Gasteiger partial charge is 0.480 e. The smallest absolute Gasteiger partial charge is 0.317 e. The average Bonchev–Trinajstić information content (AvgIpc) is 2.00. The van der Waals surface area contributed by atoms with Crippen molar-refractivity contribution < 1.29 is 9.90 Å². The van der Waals surface area contributed by atoms with Crippen molar-refractivity contribution in [3.63, 3.8) is 0 Å².